The summed E-state index contributed by atoms with van der Waals surface area (Å²) in [7, 11) is 2.25. The molecular formula is C14H31N3. The summed E-state index contributed by atoms with van der Waals surface area (Å²) >= 11 is 0. The Kier molecular flexibility index (Phi) is 7.82. The van der Waals surface area contributed by atoms with Gasteiger partial charge in [-0.25, -0.2) is 0 Å². The number of rotatable bonds is 9. The first-order valence-electron chi connectivity index (χ1n) is 7.36. The van der Waals surface area contributed by atoms with E-state index >= 15 is 0 Å². The van der Waals surface area contributed by atoms with E-state index in [1.807, 2.05) is 0 Å². The van der Waals surface area contributed by atoms with Crippen LogP contribution in [0.15, 0.2) is 0 Å². The lowest BCUT2D eigenvalue weighted by Gasteiger charge is -2.23. The van der Waals surface area contributed by atoms with Crippen LogP contribution in [0.5, 0.6) is 0 Å². The fraction of sp³-hybridized carbons (Fsp3) is 1.00. The van der Waals surface area contributed by atoms with E-state index in [1.165, 1.54) is 58.4 Å². The molecule has 0 saturated carbocycles. The molecule has 1 aliphatic rings. The van der Waals surface area contributed by atoms with Crippen LogP contribution in [0.25, 0.3) is 0 Å². The summed E-state index contributed by atoms with van der Waals surface area (Å²) < 4.78 is 0. The van der Waals surface area contributed by atoms with Crippen LogP contribution in [0.4, 0.5) is 0 Å². The highest BCUT2D eigenvalue weighted by atomic mass is 15.2. The van der Waals surface area contributed by atoms with Gasteiger partial charge < -0.3 is 15.1 Å². The number of likely N-dealkylation sites (tertiary alicyclic amines) is 1. The Morgan fingerprint density at radius 1 is 1.24 bits per heavy atom. The molecule has 1 aliphatic heterocycles. The number of hydrogen-bond acceptors (Lipinski definition) is 3. The van der Waals surface area contributed by atoms with Crippen LogP contribution in [-0.2, 0) is 0 Å². The molecule has 0 aromatic rings. The van der Waals surface area contributed by atoms with Crippen LogP contribution in [-0.4, -0.2) is 62.2 Å². The lowest BCUT2D eigenvalue weighted by atomic mass is 10.2. The van der Waals surface area contributed by atoms with Gasteiger partial charge in [0.15, 0.2) is 0 Å². The summed E-state index contributed by atoms with van der Waals surface area (Å²) in [5, 5.41) is 3.55. The quantitative estimate of drug-likeness (QED) is 0.664. The Morgan fingerprint density at radius 3 is 2.59 bits per heavy atom. The van der Waals surface area contributed by atoms with E-state index in [4.69, 9.17) is 0 Å². The predicted molar refractivity (Wildman–Crippen MR) is 75.5 cm³/mol. The molecule has 1 atom stereocenters. The van der Waals surface area contributed by atoms with Crippen molar-refractivity contribution in [1.29, 1.82) is 0 Å². The Bertz CT molecular complexity index is 178. The molecule has 1 fully saturated rings. The second-order valence-electron chi connectivity index (χ2n) is 5.50. The first kappa shape index (κ1) is 14.9. The van der Waals surface area contributed by atoms with Gasteiger partial charge in [0, 0.05) is 19.1 Å². The van der Waals surface area contributed by atoms with E-state index in [2.05, 4.69) is 36.0 Å². The minimum atomic E-state index is 0.657. The van der Waals surface area contributed by atoms with Gasteiger partial charge >= 0.3 is 0 Å². The van der Waals surface area contributed by atoms with E-state index in [9.17, 15) is 0 Å². The molecule has 3 heteroatoms. The third-order valence-electron chi connectivity index (χ3n) is 3.68. The van der Waals surface area contributed by atoms with E-state index in [1.54, 1.807) is 0 Å². The molecule has 0 bridgehead atoms. The highest BCUT2D eigenvalue weighted by molar-refractivity contribution is 4.68. The monoisotopic (exact) mass is 241 g/mol. The van der Waals surface area contributed by atoms with Crippen molar-refractivity contribution in [3.8, 4) is 0 Å². The molecule has 1 unspecified atom stereocenters. The van der Waals surface area contributed by atoms with Gasteiger partial charge in [-0.2, -0.15) is 0 Å². The van der Waals surface area contributed by atoms with Gasteiger partial charge in [0.05, 0.1) is 0 Å². The Labute approximate surface area is 108 Å². The molecule has 0 aromatic heterocycles. The summed E-state index contributed by atoms with van der Waals surface area (Å²) in [5.41, 5.74) is 0. The number of nitrogens with zero attached hydrogens (tertiary/aromatic N) is 2. The molecule has 0 radical (unpaired) electrons. The third-order valence-corrected chi connectivity index (χ3v) is 3.68. The minimum absolute atomic E-state index is 0.657. The fourth-order valence-electron chi connectivity index (χ4n) is 2.34. The maximum Gasteiger partial charge on any atom is 0.0109 e. The average Bonchev–Trinajstić information content (AvgIpc) is 2.84. The first-order chi connectivity index (χ1) is 8.22. The van der Waals surface area contributed by atoms with Crippen molar-refractivity contribution in [2.75, 3.05) is 46.3 Å². The second-order valence-corrected chi connectivity index (χ2v) is 5.50. The van der Waals surface area contributed by atoms with Crippen molar-refractivity contribution in [3.05, 3.63) is 0 Å². The molecular weight excluding hydrogens is 210 g/mol. The van der Waals surface area contributed by atoms with E-state index in [-0.39, 0.29) is 0 Å². The van der Waals surface area contributed by atoms with Crippen LogP contribution in [0.2, 0.25) is 0 Å². The summed E-state index contributed by atoms with van der Waals surface area (Å²) in [6, 6.07) is 0.657. The fourth-order valence-corrected chi connectivity index (χ4v) is 2.34. The van der Waals surface area contributed by atoms with Gasteiger partial charge in [0.1, 0.15) is 0 Å². The molecule has 0 aliphatic carbocycles. The normalized spacial score (nSPS) is 19.1. The predicted octanol–water partition coefficient (Wildman–Crippen LogP) is 1.79. The van der Waals surface area contributed by atoms with E-state index < -0.39 is 0 Å². The molecule has 1 heterocycles. The highest BCUT2D eigenvalue weighted by Gasteiger charge is 2.11. The van der Waals surface area contributed by atoms with Crippen molar-refractivity contribution < 1.29 is 0 Å². The zero-order valence-corrected chi connectivity index (χ0v) is 12.0. The van der Waals surface area contributed by atoms with Crippen LogP contribution >= 0.6 is 0 Å². The van der Waals surface area contributed by atoms with Gasteiger partial charge in [0.2, 0.25) is 0 Å². The van der Waals surface area contributed by atoms with Crippen molar-refractivity contribution in [3.63, 3.8) is 0 Å². The topological polar surface area (TPSA) is 18.5 Å². The van der Waals surface area contributed by atoms with Crippen molar-refractivity contribution in [2.24, 2.45) is 0 Å². The molecule has 0 aromatic carbocycles. The molecule has 1 rings (SSSR count). The van der Waals surface area contributed by atoms with E-state index in [0.717, 1.165) is 6.54 Å². The Morgan fingerprint density at radius 2 is 1.94 bits per heavy atom. The lowest BCUT2D eigenvalue weighted by molar-refractivity contribution is 0.249. The maximum atomic E-state index is 3.55. The Balaban J connectivity index is 1.97. The van der Waals surface area contributed by atoms with Crippen LogP contribution < -0.4 is 5.32 Å². The van der Waals surface area contributed by atoms with Crippen molar-refractivity contribution in [1.82, 2.24) is 15.1 Å². The highest BCUT2D eigenvalue weighted by Crippen LogP contribution is 2.06. The number of hydrogen-bond donors (Lipinski definition) is 1. The molecule has 0 amide bonds. The minimum Gasteiger partial charge on any atom is -0.314 e. The molecule has 0 spiro atoms. The molecule has 1 saturated heterocycles. The standard InChI is InChI=1S/C14H31N3/c1-4-8-15-14(2)7-11-16(3)12-13-17-9-5-6-10-17/h14-15H,4-13H2,1-3H3. The lowest BCUT2D eigenvalue weighted by Crippen LogP contribution is -2.35. The molecule has 17 heavy (non-hydrogen) atoms. The zero-order chi connectivity index (χ0) is 12.5. The smallest absolute Gasteiger partial charge is 0.0109 e. The van der Waals surface area contributed by atoms with Crippen molar-refractivity contribution in [2.45, 2.75) is 45.6 Å². The van der Waals surface area contributed by atoms with Gasteiger partial charge in [-0.3, -0.25) is 0 Å². The molecule has 1 N–H and O–H groups in total. The van der Waals surface area contributed by atoms with Gasteiger partial charge in [-0.1, -0.05) is 6.92 Å². The van der Waals surface area contributed by atoms with Crippen LogP contribution in [0, 0.1) is 0 Å². The van der Waals surface area contributed by atoms with Crippen molar-refractivity contribution >= 4 is 0 Å². The second kappa shape index (κ2) is 8.90. The summed E-state index contributed by atoms with van der Waals surface area (Å²) in [4.78, 5) is 5.07. The number of nitrogens with one attached hydrogen (secondary N) is 1. The van der Waals surface area contributed by atoms with Gasteiger partial charge in [-0.15, -0.1) is 0 Å². The molecule has 102 valence electrons. The summed E-state index contributed by atoms with van der Waals surface area (Å²) in [6.07, 6.45) is 5.30. The van der Waals surface area contributed by atoms with Crippen LogP contribution in [0.3, 0.4) is 0 Å². The van der Waals surface area contributed by atoms with Gasteiger partial charge in [0.25, 0.3) is 0 Å². The first-order valence-corrected chi connectivity index (χ1v) is 7.36. The third kappa shape index (κ3) is 7.02. The SMILES string of the molecule is CCCNC(C)CCN(C)CCN1CCCC1. The summed E-state index contributed by atoms with van der Waals surface area (Å²) in [5.74, 6) is 0. The number of likely N-dealkylation sites (N-methyl/N-ethyl adjacent to an activating group) is 1. The maximum absolute atomic E-state index is 3.55. The van der Waals surface area contributed by atoms with Gasteiger partial charge in [-0.05, 0) is 65.8 Å². The zero-order valence-electron chi connectivity index (χ0n) is 12.0. The molecule has 3 nitrogen and oxygen atoms in total. The summed E-state index contributed by atoms with van der Waals surface area (Å²) in [6.45, 7) is 12.0. The largest absolute Gasteiger partial charge is 0.314 e. The van der Waals surface area contributed by atoms with Crippen LogP contribution in [0.1, 0.15) is 39.5 Å². The average molecular weight is 241 g/mol. The van der Waals surface area contributed by atoms with E-state index in [0.29, 0.717) is 6.04 Å². The Hall–Kier alpha value is -0.120.